The van der Waals surface area contributed by atoms with Crippen molar-refractivity contribution in [3.8, 4) is 0 Å². The van der Waals surface area contributed by atoms with Gasteiger partial charge in [-0.25, -0.2) is 4.98 Å². The van der Waals surface area contributed by atoms with Crippen molar-refractivity contribution in [2.24, 2.45) is 7.05 Å². The van der Waals surface area contributed by atoms with Crippen molar-refractivity contribution < 1.29 is 22.6 Å². The Balaban J connectivity index is 2.60. The van der Waals surface area contributed by atoms with Crippen LogP contribution in [0.15, 0.2) is 24.3 Å². The smallest absolute Gasteiger partial charge is 0.115 e. The number of aromatic nitrogens is 3. The Morgan fingerprint density at radius 3 is 2.38 bits per heavy atom. The van der Waals surface area contributed by atoms with E-state index in [9.17, 15) is 0 Å². The van der Waals surface area contributed by atoms with Crippen LogP contribution in [0, 0.1) is 10.6 Å². The Bertz CT molecular complexity index is 641. The summed E-state index contributed by atoms with van der Waals surface area (Å²) in [7, 11) is 2.05. The molecule has 0 spiro atoms. The lowest BCUT2D eigenvalue weighted by molar-refractivity contribution is -0.336. The van der Waals surface area contributed by atoms with Gasteiger partial charge in [-0.15, -0.1) is 0 Å². The Kier molecular flexibility index (Phi) is 2.14. The molecule has 0 bridgehead atoms. The highest BCUT2D eigenvalue weighted by molar-refractivity contribution is 6.02. The quantitative estimate of drug-likeness (QED) is 0.399. The van der Waals surface area contributed by atoms with Gasteiger partial charge >= 0.3 is 0 Å². The van der Waals surface area contributed by atoms with Crippen LogP contribution < -0.4 is 22.6 Å². The SMILES string of the molecule is Cc1ccc2c(n1)c1nc([I-])ccc1n2C. The predicted molar refractivity (Wildman–Crippen MR) is 59.4 cm³/mol. The zero-order chi connectivity index (χ0) is 11.3. The first-order chi connectivity index (χ1) is 7.66. The second-order valence-electron chi connectivity index (χ2n) is 3.88. The van der Waals surface area contributed by atoms with Crippen molar-refractivity contribution in [3.63, 3.8) is 0 Å². The van der Waals surface area contributed by atoms with Crippen molar-refractivity contribution >= 4 is 22.1 Å². The number of fused-ring (bicyclic) bond motifs is 3. The molecule has 0 aromatic carbocycles. The van der Waals surface area contributed by atoms with E-state index in [1.165, 1.54) is 0 Å². The van der Waals surface area contributed by atoms with Gasteiger partial charge in [0.2, 0.25) is 0 Å². The predicted octanol–water partition coefficient (Wildman–Crippen LogP) is -0.847. The van der Waals surface area contributed by atoms with E-state index in [0.717, 1.165) is 31.5 Å². The third kappa shape index (κ3) is 1.32. The summed E-state index contributed by atoms with van der Waals surface area (Å²) in [5, 5.41) is 0. The lowest BCUT2D eigenvalue weighted by Gasteiger charge is -2.03. The molecule has 0 saturated heterocycles. The van der Waals surface area contributed by atoms with Gasteiger partial charge in [0.25, 0.3) is 0 Å². The van der Waals surface area contributed by atoms with E-state index in [1.54, 1.807) is 0 Å². The monoisotopic (exact) mass is 323 g/mol. The summed E-state index contributed by atoms with van der Waals surface area (Å²) in [4.78, 5) is 9.15. The first kappa shape index (κ1) is 10.0. The molecule has 3 rings (SSSR count). The number of aryl methyl sites for hydroxylation is 2. The summed E-state index contributed by atoms with van der Waals surface area (Å²) in [5.74, 6) is 0. The molecule has 16 heavy (non-hydrogen) atoms. The van der Waals surface area contributed by atoms with Crippen LogP contribution in [-0.4, -0.2) is 14.5 Å². The van der Waals surface area contributed by atoms with Crippen LogP contribution in [0.5, 0.6) is 0 Å². The van der Waals surface area contributed by atoms with Crippen LogP contribution in [0.25, 0.3) is 22.1 Å². The van der Waals surface area contributed by atoms with Crippen molar-refractivity contribution in [2.45, 2.75) is 6.92 Å². The maximum absolute atomic E-state index is 4.58. The molecule has 0 aliphatic rings. The van der Waals surface area contributed by atoms with E-state index in [4.69, 9.17) is 0 Å². The first-order valence-corrected chi connectivity index (χ1v) is 6.13. The highest BCUT2D eigenvalue weighted by Crippen LogP contribution is 2.24. The molecule has 81 valence electrons. The summed E-state index contributed by atoms with van der Waals surface area (Å²) >= 11 is 2.23. The average molecular weight is 323 g/mol. The Labute approximate surface area is 107 Å². The molecule has 1 radical (unpaired) electrons. The molecular weight excluding hydrogens is 313 g/mol. The molecule has 0 saturated carbocycles. The van der Waals surface area contributed by atoms with E-state index in [1.807, 2.05) is 19.1 Å². The minimum absolute atomic E-state index is 0.994. The molecule has 0 amide bonds. The highest BCUT2D eigenvalue weighted by atomic mass is 127. The van der Waals surface area contributed by atoms with E-state index in [0.29, 0.717) is 0 Å². The van der Waals surface area contributed by atoms with Crippen LogP contribution >= 0.6 is 0 Å². The van der Waals surface area contributed by atoms with E-state index in [-0.39, 0.29) is 0 Å². The Morgan fingerprint density at radius 1 is 1.00 bits per heavy atom. The van der Waals surface area contributed by atoms with Gasteiger partial charge in [-0.3, -0.25) is 4.98 Å². The maximum atomic E-state index is 4.58. The molecule has 3 aromatic rings. The lowest BCUT2D eigenvalue weighted by Crippen LogP contribution is -3.34. The van der Waals surface area contributed by atoms with Crippen LogP contribution in [0.3, 0.4) is 0 Å². The average Bonchev–Trinajstić information content (AvgIpc) is 2.52. The molecule has 0 aliphatic heterocycles. The van der Waals surface area contributed by atoms with Gasteiger partial charge in [-0.1, -0.05) is 9.77 Å². The van der Waals surface area contributed by atoms with Crippen molar-refractivity contribution in [1.82, 2.24) is 14.5 Å². The number of pyridine rings is 2. The zero-order valence-corrected chi connectivity index (χ0v) is 11.2. The summed E-state index contributed by atoms with van der Waals surface area (Å²) in [6.07, 6.45) is 0. The fraction of sp³-hybridized carbons (Fsp3) is 0.167. The molecule has 4 heteroatoms. The van der Waals surface area contributed by atoms with Crippen molar-refractivity contribution in [2.75, 3.05) is 0 Å². The molecular formula is C12H10IN3-. The van der Waals surface area contributed by atoms with Crippen molar-refractivity contribution in [1.29, 1.82) is 0 Å². The van der Waals surface area contributed by atoms with Crippen LogP contribution in [0.2, 0.25) is 0 Å². The van der Waals surface area contributed by atoms with E-state index in [2.05, 4.69) is 56.3 Å². The maximum Gasteiger partial charge on any atom is 0.115 e. The van der Waals surface area contributed by atoms with Crippen molar-refractivity contribution in [3.05, 3.63) is 33.7 Å². The van der Waals surface area contributed by atoms with Gasteiger partial charge in [0.05, 0.1) is 11.0 Å². The number of halogens is 1. The zero-order valence-electron chi connectivity index (χ0n) is 9.03. The fourth-order valence-corrected chi connectivity index (χ4v) is 2.42. The molecule has 0 N–H and O–H groups in total. The third-order valence-electron chi connectivity index (χ3n) is 2.80. The summed E-state index contributed by atoms with van der Waals surface area (Å²) in [6, 6.07) is 8.26. The highest BCUT2D eigenvalue weighted by Gasteiger charge is 2.09. The van der Waals surface area contributed by atoms with Gasteiger partial charge in [0.15, 0.2) is 0 Å². The molecule has 0 fully saturated rings. The van der Waals surface area contributed by atoms with Crippen LogP contribution in [0.1, 0.15) is 5.69 Å². The van der Waals surface area contributed by atoms with Gasteiger partial charge in [-0.2, -0.15) is 0 Å². The minimum Gasteiger partial charge on any atom is -0.736 e. The van der Waals surface area contributed by atoms with Crippen LogP contribution in [0.4, 0.5) is 0 Å². The lowest BCUT2D eigenvalue weighted by atomic mass is 10.3. The number of rotatable bonds is 0. The molecule has 0 aliphatic carbocycles. The molecule has 3 heterocycles. The normalized spacial score (nSPS) is 11.4. The molecule has 0 unspecified atom stereocenters. The minimum atomic E-state index is 0.994. The van der Waals surface area contributed by atoms with Gasteiger partial charge in [0, 0.05) is 12.7 Å². The van der Waals surface area contributed by atoms with Gasteiger partial charge in [-0.05, 0) is 25.1 Å². The van der Waals surface area contributed by atoms with E-state index >= 15 is 0 Å². The number of hydrogen-bond donors (Lipinski definition) is 0. The number of nitrogens with zero attached hydrogens (tertiary/aromatic N) is 3. The second-order valence-corrected chi connectivity index (χ2v) is 4.99. The number of hydrogen-bond acceptors (Lipinski definition) is 2. The Hall–Kier alpha value is -1.17. The molecule has 3 nitrogen and oxygen atoms in total. The van der Waals surface area contributed by atoms with Crippen LogP contribution in [-0.2, 0) is 7.05 Å². The summed E-state index contributed by atoms with van der Waals surface area (Å²) in [5.41, 5.74) is 5.29. The summed E-state index contributed by atoms with van der Waals surface area (Å²) < 4.78 is 3.14. The molecule has 3 aromatic heterocycles. The van der Waals surface area contributed by atoms with Gasteiger partial charge < -0.3 is 27.2 Å². The molecule has 0 atom stereocenters. The van der Waals surface area contributed by atoms with E-state index < -0.39 is 0 Å². The topological polar surface area (TPSA) is 30.7 Å². The standard InChI is InChI=1S/C12H10IN3/c1-7-3-4-8-11(14-7)12-9(16(8)2)5-6-10(13)15-12/h3-6H,1-2H3/q-1. The summed E-state index contributed by atoms with van der Waals surface area (Å²) in [6.45, 7) is 2.01. The second kappa shape index (κ2) is 3.41. The first-order valence-electron chi connectivity index (χ1n) is 5.05. The largest absolute Gasteiger partial charge is 0.736 e. The van der Waals surface area contributed by atoms with Gasteiger partial charge in [0.1, 0.15) is 11.0 Å². The fourth-order valence-electron chi connectivity index (χ4n) is 2.00. The Morgan fingerprint density at radius 2 is 1.62 bits per heavy atom. The third-order valence-corrected chi connectivity index (χ3v) is 3.40.